The van der Waals surface area contributed by atoms with E-state index in [0.29, 0.717) is 11.3 Å². The van der Waals surface area contributed by atoms with Gasteiger partial charge in [-0.2, -0.15) is 0 Å². The Labute approximate surface area is 189 Å². The third-order valence-corrected chi connectivity index (χ3v) is 5.18. The monoisotopic (exact) mass is 431 g/mol. The van der Waals surface area contributed by atoms with Crippen molar-refractivity contribution in [1.29, 1.82) is 0 Å². The number of rotatable bonds is 8. The quantitative estimate of drug-likeness (QED) is 0.357. The number of esters is 1. The molecule has 3 aromatic rings. The number of benzene rings is 3. The van der Waals surface area contributed by atoms with Gasteiger partial charge in [0.25, 0.3) is 0 Å². The zero-order chi connectivity index (χ0) is 23.1. The highest BCUT2D eigenvalue weighted by Gasteiger charge is 2.34. The smallest absolute Gasteiger partial charge is 0.338 e. The Balaban J connectivity index is 2.01. The summed E-state index contributed by atoms with van der Waals surface area (Å²) in [6.45, 7) is 5.91. The number of nitrogens with zero attached hydrogens (tertiary/aromatic N) is 1. The van der Waals surface area contributed by atoms with Crippen LogP contribution < -0.4 is 9.47 Å². The van der Waals surface area contributed by atoms with E-state index in [1.54, 1.807) is 36.3 Å². The molecule has 0 spiro atoms. The summed E-state index contributed by atoms with van der Waals surface area (Å²) in [6, 6.07) is 23.1. The number of hydrogen-bond acceptors (Lipinski definition) is 4. The van der Waals surface area contributed by atoms with Crippen LogP contribution in [-0.4, -0.2) is 23.9 Å². The molecule has 0 saturated carbocycles. The number of methoxy groups -OCH3 is 1. The highest BCUT2D eigenvalue weighted by atomic mass is 16.5. The summed E-state index contributed by atoms with van der Waals surface area (Å²) >= 11 is 0. The Morgan fingerprint density at radius 1 is 0.844 bits per heavy atom. The zero-order valence-electron chi connectivity index (χ0n) is 18.9. The largest absolute Gasteiger partial charge is 0.497 e. The predicted octanol–water partition coefficient (Wildman–Crippen LogP) is 5.34. The van der Waals surface area contributed by atoms with Crippen LogP contribution >= 0.6 is 0 Å². The minimum atomic E-state index is -0.882. The van der Waals surface area contributed by atoms with Crippen LogP contribution in [0.4, 0.5) is 0 Å². The van der Waals surface area contributed by atoms with Crippen molar-refractivity contribution in [2.75, 3.05) is 7.11 Å². The van der Waals surface area contributed by atoms with E-state index in [-0.39, 0.29) is 18.4 Å². The first-order valence-electron chi connectivity index (χ1n) is 10.7. The van der Waals surface area contributed by atoms with Crippen LogP contribution in [0.2, 0.25) is 0 Å². The van der Waals surface area contributed by atoms with Gasteiger partial charge in [-0.25, -0.2) is 4.79 Å². The van der Waals surface area contributed by atoms with Crippen LogP contribution in [0.1, 0.15) is 36.6 Å². The van der Waals surface area contributed by atoms with Crippen LogP contribution in [0.3, 0.4) is 0 Å². The Morgan fingerprint density at radius 2 is 1.47 bits per heavy atom. The fourth-order valence-corrected chi connectivity index (χ4v) is 3.41. The standard InChI is InChI=1S/C27H29NO4/c1-19(2)26(29)28(18-21-12-16-23(31-4)17-13-21)25(22-14-10-20(3)11-15-22)27(30)32-24-8-6-5-7-9-24/h5-17,19,25H,18H2,1-4H3. The molecule has 1 atom stereocenters. The van der Waals surface area contributed by atoms with Gasteiger partial charge in [0.05, 0.1) is 7.11 Å². The molecule has 166 valence electrons. The van der Waals surface area contributed by atoms with Crippen molar-refractivity contribution in [2.45, 2.75) is 33.4 Å². The number of aryl methyl sites for hydroxylation is 1. The van der Waals surface area contributed by atoms with Gasteiger partial charge < -0.3 is 14.4 Å². The molecule has 5 heteroatoms. The number of amides is 1. The van der Waals surface area contributed by atoms with Crippen molar-refractivity contribution >= 4 is 11.9 Å². The second-order valence-corrected chi connectivity index (χ2v) is 8.02. The van der Waals surface area contributed by atoms with E-state index in [1.165, 1.54) is 0 Å². The average molecular weight is 432 g/mol. The maximum absolute atomic E-state index is 13.4. The summed E-state index contributed by atoms with van der Waals surface area (Å²) in [5.74, 6) is 0.259. The lowest BCUT2D eigenvalue weighted by Gasteiger charge is -2.32. The van der Waals surface area contributed by atoms with E-state index in [4.69, 9.17) is 9.47 Å². The molecular formula is C27H29NO4. The van der Waals surface area contributed by atoms with E-state index in [0.717, 1.165) is 16.9 Å². The number of para-hydroxylation sites is 1. The summed E-state index contributed by atoms with van der Waals surface area (Å²) in [5.41, 5.74) is 2.67. The highest BCUT2D eigenvalue weighted by molar-refractivity contribution is 5.87. The van der Waals surface area contributed by atoms with Crippen LogP contribution in [0.15, 0.2) is 78.9 Å². The van der Waals surface area contributed by atoms with Crippen molar-refractivity contribution in [3.8, 4) is 11.5 Å². The molecule has 0 radical (unpaired) electrons. The highest BCUT2D eigenvalue weighted by Crippen LogP contribution is 2.28. The summed E-state index contributed by atoms with van der Waals surface area (Å²) in [5, 5.41) is 0. The summed E-state index contributed by atoms with van der Waals surface area (Å²) < 4.78 is 10.9. The topological polar surface area (TPSA) is 55.8 Å². The van der Waals surface area contributed by atoms with Gasteiger partial charge in [0.2, 0.25) is 5.91 Å². The third-order valence-electron chi connectivity index (χ3n) is 5.18. The molecule has 0 N–H and O–H groups in total. The van der Waals surface area contributed by atoms with Crippen molar-refractivity contribution in [3.63, 3.8) is 0 Å². The molecule has 0 aliphatic heterocycles. The average Bonchev–Trinajstić information content (AvgIpc) is 2.80. The lowest BCUT2D eigenvalue weighted by Crippen LogP contribution is -2.42. The van der Waals surface area contributed by atoms with Crippen LogP contribution in [-0.2, 0) is 16.1 Å². The van der Waals surface area contributed by atoms with E-state index in [9.17, 15) is 9.59 Å². The van der Waals surface area contributed by atoms with Crippen molar-refractivity contribution in [3.05, 3.63) is 95.6 Å². The summed E-state index contributed by atoms with van der Waals surface area (Å²) in [4.78, 5) is 28.3. The van der Waals surface area contributed by atoms with Gasteiger partial charge in [0.1, 0.15) is 11.5 Å². The Kier molecular flexibility index (Phi) is 7.66. The molecule has 32 heavy (non-hydrogen) atoms. The van der Waals surface area contributed by atoms with E-state index in [1.807, 2.05) is 75.4 Å². The molecule has 0 bridgehead atoms. The number of hydrogen-bond donors (Lipinski definition) is 0. The van der Waals surface area contributed by atoms with Crippen LogP contribution in [0.25, 0.3) is 0 Å². The summed E-state index contributed by atoms with van der Waals surface area (Å²) in [6.07, 6.45) is 0. The molecule has 0 aliphatic rings. The molecule has 3 rings (SSSR count). The van der Waals surface area contributed by atoms with Gasteiger partial charge in [-0.3, -0.25) is 4.79 Å². The van der Waals surface area contributed by atoms with Crippen LogP contribution in [0, 0.1) is 12.8 Å². The predicted molar refractivity (Wildman–Crippen MR) is 124 cm³/mol. The maximum Gasteiger partial charge on any atom is 0.338 e. The Bertz CT molecular complexity index is 1030. The number of ether oxygens (including phenoxy) is 2. The van der Waals surface area contributed by atoms with Gasteiger partial charge in [-0.1, -0.05) is 74.0 Å². The van der Waals surface area contributed by atoms with Gasteiger partial charge in [0, 0.05) is 12.5 Å². The van der Waals surface area contributed by atoms with Gasteiger partial charge in [-0.05, 0) is 42.3 Å². The van der Waals surface area contributed by atoms with Gasteiger partial charge >= 0.3 is 5.97 Å². The van der Waals surface area contributed by atoms with Gasteiger partial charge in [-0.15, -0.1) is 0 Å². The van der Waals surface area contributed by atoms with Crippen molar-refractivity contribution in [2.24, 2.45) is 5.92 Å². The first-order valence-corrected chi connectivity index (χ1v) is 10.7. The molecule has 1 amide bonds. The molecule has 5 nitrogen and oxygen atoms in total. The van der Waals surface area contributed by atoms with Gasteiger partial charge in [0.15, 0.2) is 6.04 Å². The lowest BCUT2D eigenvalue weighted by molar-refractivity contribution is -0.150. The van der Waals surface area contributed by atoms with E-state index >= 15 is 0 Å². The lowest BCUT2D eigenvalue weighted by atomic mass is 10.0. The Morgan fingerprint density at radius 3 is 2.03 bits per heavy atom. The number of carbonyl (C=O) groups is 2. The third kappa shape index (κ3) is 5.76. The minimum absolute atomic E-state index is 0.128. The second kappa shape index (κ2) is 10.6. The second-order valence-electron chi connectivity index (χ2n) is 8.02. The molecule has 1 unspecified atom stereocenters. The molecular weight excluding hydrogens is 402 g/mol. The summed E-state index contributed by atoms with van der Waals surface area (Å²) in [7, 11) is 1.61. The van der Waals surface area contributed by atoms with E-state index in [2.05, 4.69) is 0 Å². The molecule has 3 aromatic carbocycles. The first kappa shape index (κ1) is 23.1. The molecule has 0 fully saturated rings. The van der Waals surface area contributed by atoms with Crippen LogP contribution in [0.5, 0.6) is 11.5 Å². The molecule has 0 saturated heterocycles. The van der Waals surface area contributed by atoms with Crippen molar-refractivity contribution in [1.82, 2.24) is 4.90 Å². The van der Waals surface area contributed by atoms with E-state index < -0.39 is 12.0 Å². The maximum atomic E-state index is 13.4. The fourth-order valence-electron chi connectivity index (χ4n) is 3.41. The SMILES string of the molecule is COc1ccc(CN(C(=O)C(C)C)C(C(=O)Oc2ccccc2)c2ccc(C)cc2)cc1. The zero-order valence-corrected chi connectivity index (χ0v) is 18.9. The van der Waals surface area contributed by atoms with Crippen molar-refractivity contribution < 1.29 is 19.1 Å². The normalized spacial score (nSPS) is 11.7. The number of carbonyl (C=O) groups excluding carboxylic acids is 2. The Hall–Kier alpha value is -3.60. The molecule has 0 heterocycles. The first-order chi connectivity index (χ1) is 15.4. The molecule has 0 aromatic heterocycles. The molecule has 0 aliphatic carbocycles. The fraction of sp³-hybridized carbons (Fsp3) is 0.259. The minimum Gasteiger partial charge on any atom is -0.497 e.